The molecule has 2 aliphatic rings. The molecule has 2 aromatic rings. The highest BCUT2D eigenvalue weighted by Gasteiger charge is 2.29. The summed E-state index contributed by atoms with van der Waals surface area (Å²) in [5, 5.41) is 13.1. The second-order valence-electron chi connectivity index (χ2n) is 7.07. The van der Waals surface area contributed by atoms with E-state index in [0.29, 0.717) is 11.0 Å². The Morgan fingerprint density at radius 3 is 2.80 bits per heavy atom. The monoisotopic (exact) mass is 356 g/mol. The zero-order valence-electron chi connectivity index (χ0n) is 14.6. The normalized spacial score (nSPS) is 20.3. The van der Waals surface area contributed by atoms with Gasteiger partial charge in [0.05, 0.1) is 6.04 Å². The van der Waals surface area contributed by atoms with E-state index in [0.717, 1.165) is 17.8 Å². The van der Waals surface area contributed by atoms with Gasteiger partial charge < -0.3 is 4.90 Å². The Bertz CT molecular complexity index is 753. The number of urea groups is 1. The number of hydrogen-bond donors (Lipinski definition) is 1. The van der Waals surface area contributed by atoms with Crippen molar-refractivity contribution in [1.29, 1.82) is 0 Å². The first kappa shape index (κ1) is 16.5. The van der Waals surface area contributed by atoms with E-state index in [1.54, 1.807) is 4.90 Å². The molecule has 6 heteroatoms. The molecule has 25 heavy (non-hydrogen) atoms. The molecule has 1 aromatic carbocycles. The number of anilines is 1. The van der Waals surface area contributed by atoms with Crippen molar-refractivity contribution in [3.8, 4) is 0 Å². The zero-order chi connectivity index (χ0) is 17.2. The molecule has 1 atom stereocenters. The number of carbonyl (C=O) groups is 1. The van der Waals surface area contributed by atoms with E-state index < -0.39 is 0 Å². The van der Waals surface area contributed by atoms with Crippen molar-refractivity contribution in [2.45, 2.75) is 56.9 Å². The average molecular weight is 356 g/mol. The number of aryl methyl sites for hydroxylation is 1. The molecule has 1 unspecified atom stereocenters. The highest BCUT2D eigenvalue weighted by atomic mass is 32.1. The zero-order valence-corrected chi connectivity index (χ0v) is 15.4. The lowest BCUT2D eigenvalue weighted by Crippen LogP contribution is -2.34. The number of rotatable bonds is 3. The number of fused-ring (bicyclic) bond motifs is 1. The van der Waals surface area contributed by atoms with Gasteiger partial charge in [-0.15, -0.1) is 10.2 Å². The quantitative estimate of drug-likeness (QED) is 0.864. The van der Waals surface area contributed by atoms with E-state index in [1.807, 2.05) is 13.1 Å². The summed E-state index contributed by atoms with van der Waals surface area (Å²) in [5.74, 6) is 0.524. The molecule has 1 saturated carbocycles. The van der Waals surface area contributed by atoms with E-state index in [4.69, 9.17) is 0 Å². The summed E-state index contributed by atoms with van der Waals surface area (Å²) in [4.78, 5) is 14.4. The SMILES string of the molecule is CN(C(=O)Nc1nnc(C2CCCCC2)s1)C1CCc2ccccc21. The van der Waals surface area contributed by atoms with Crippen LogP contribution in [0.1, 0.15) is 66.6 Å². The van der Waals surface area contributed by atoms with Gasteiger partial charge in [0.15, 0.2) is 0 Å². The first-order valence-corrected chi connectivity index (χ1v) is 9.99. The van der Waals surface area contributed by atoms with E-state index in [9.17, 15) is 4.79 Å². The molecule has 0 aliphatic heterocycles. The van der Waals surface area contributed by atoms with Crippen LogP contribution in [0.3, 0.4) is 0 Å². The van der Waals surface area contributed by atoms with Crippen molar-refractivity contribution in [2.75, 3.05) is 12.4 Å². The Morgan fingerprint density at radius 1 is 1.16 bits per heavy atom. The molecule has 0 bridgehead atoms. The molecule has 1 fully saturated rings. The van der Waals surface area contributed by atoms with Crippen LogP contribution in [0.25, 0.3) is 0 Å². The third-order valence-electron chi connectivity index (χ3n) is 5.50. The first-order valence-electron chi connectivity index (χ1n) is 9.17. The van der Waals surface area contributed by atoms with Gasteiger partial charge in [0.2, 0.25) is 5.13 Å². The predicted octanol–water partition coefficient (Wildman–Crippen LogP) is 4.74. The van der Waals surface area contributed by atoms with Crippen molar-refractivity contribution in [2.24, 2.45) is 0 Å². The van der Waals surface area contributed by atoms with Crippen LogP contribution in [0, 0.1) is 0 Å². The highest BCUT2D eigenvalue weighted by molar-refractivity contribution is 7.15. The minimum Gasteiger partial charge on any atom is -0.320 e. The second kappa shape index (κ2) is 7.12. The van der Waals surface area contributed by atoms with Crippen molar-refractivity contribution in [3.63, 3.8) is 0 Å². The molecule has 5 nitrogen and oxygen atoms in total. The summed E-state index contributed by atoms with van der Waals surface area (Å²) < 4.78 is 0. The van der Waals surface area contributed by atoms with Crippen molar-refractivity contribution >= 4 is 22.5 Å². The van der Waals surface area contributed by atoms with Crippen LogP contribution >= 0.6 is 11.3 Å². The number of benzene rings is 1. The second-order valence-corrected chi connectivity index (χ2v) is 8.08. The van der Waals surface area contributed by atoms with Crippen molar-refractivity contribution < 1.29 is 4.79 Å². The minimum atomic E-state index is -0.104. The van der Waals surface area contributed by atoms with Gasteiger partial charge in [0.25, 0.3) is 0 Å². The van der Waals surface area contributed by atoms with Gasteiger partial charge in [-0.1, -0.05) is 54.9 Å². The lowest BCUT2D eigenvalue weighted by molar-refractivity contribution is 0.204. The molecular weight excluding hydrogens is 332 g/mol. The van der Waals surface area contributed by atoms with E-state index in [2.05, 4.69) is 33.7 Å². The summed E-state index contributed by atoms with van der Waals surface area (Å²) >= 11 is 1.53. The lowest BCUT2D eigenvalue weighted by atomic mass is 9.90. The van der Waals surface area contributed by atoms with Crippen LogP contribution in [-0.2, 0) is 6.42 Å². The highest BCUT2D eigenvalue weighted by Crippen LogP contribution is 2.37. The topological polar surface area (TPSA) is 58.1 Å². The number of carbonyl (C=O) groups excluding carboxylic acids is 1. The molecule has 132 valence electrons. The van der Waals surface area contributed by atoms with Gasteiger partial charge in [-0.2, -0.15) is 0 Å². The molecule has 4 rings (SSSR count). The molecule has 1 aromatic heterocycles. The van der Waals surface area contributed by atoms with Crippen LogP contribution in [-0.4, -0.2) is 28.2 Å². The fourth-order valence-corrected chi connectivity index (χ4v) is 4.96. The Kier molecular flexibility index (Phi) is 4.70. The summed E-state index contributed by atoms with van der Waals surface area (Å²) in [6, 6.07) is 8.43. The van der Waals surface area contributed by atoms with Crippen LogP contribution in [0.4, 0.5) is 9.93 Å². The Morgan fingerprint density at radius 2 is 1.96 bits per heavy atom. The van der Waals surface area contributed by atoms with Gasteiger partial charge in [0, 0.05) is 13.0 Å². The standard InChI is InChI=1S/C19H24N4OS/c1-23(16-12-11-13-7-5-6-10-15(13)16)19(24)20-18-22-21-17(25-18)14-8-3-2-4-9-14/h5-7,10,14,16H,2-4,8-9,11-12H2,1H3,(H,20,22,24). The Labute approximate surface area is 152 Å². The molecule has 1 N–H and O–H groups in total. The van der Waals surface area contributed by atoms with Crippen molar-refractivity contribution in [1.82, 2.24) is 15.1 Å². The van der Waals surface area contributed by atoms with Gasteiger partial charge in [-0.25, -0.2) is 4.79 Å². The third-order valence-corrected chi connectivity index (χ3v) is 6.50. The summed E-state index contributed by atoms with van der Waals surface area (Å²) in [7, 11) is 1.87. The Balaban J connectivity index is 1.41. The summed E-state index contributed by atoms with van der Waals surface area (Å²) in [6.45, 7) is 0. The third kappa shape index (κ3) is 3.40. The molecule has 2 aliphatic carbocycles. The Hall–Kier alpha value is -1.95. The summed E-state index contributed by atoms with van der Waals surface area (Å²) in [5.41, 5.74) is 2.61. The molecule has 0 radical (unpaired) electrons. The number of amides is 2. The van der Waals surface area contributed by atoms with E-state index in [1.165, 1.54) is 54.6 Å². The number of nitrogens with one attached hydrogen (secondary N) is 1. The van der Waals surface area contributed by atoms with Crippen LogP contribution in [0.15, 0.2) is 24.3 Å². The lowest BCUT2D eigenvalue weighted by Gasteiger charge is -2.25. The number of hydrogen-bond acceptors (Lipinski definition) is 4. The maximum absolute atomic E-state index is 12.6. The van der Waals surface area contributed by atoms with Gasteiger partial charge in [-0.05, 0) is 36.8 Å². The fraction of sp³-hybridized carbons (Fsp3) is 0.526. The average Bonchev–Trinajstić information content (AvgIpc) is 3.29. The van der Waals surface area contributed by atoms with Crippen LogP contribution in [0.5, 0.6) is 0 Å². The van der Waals surface area contributed by atoms with Crippen LogP contribution < -0.4 is 5.32 Å². The maximum atomic E-state index is 12.6. The molecule has 2 amide bonds. The van der Waals surface area contributed by atoms with Gasteiger partial charge in [-0.3, -0.25) is 5.32 Å². The van der Waals surface area contributed by atoms with E-state index in [-0.39, 0.29) is 12.1 Å². The molecule has 0 spiro atoms. The van der Waals surface area contributed by atoms with Crippen molar-refractivity contribution in [3.05, 3.63) is 40.4 Å². The molecular formula is C19H24N4OS. The van der Waals surface area contributed by atoms with Crippen LogP contribution in [0.2, 0.25) is 0 Å². The summed E-state index contributed by atoms with van der Waals surface area (Å²) in [6.07, 6.45) is 8.27. The first-order chi connectivity index (χ1) is 12.2. The number of aromatic nitrogens is 2. The predicted molar refractivity (Wildman–Crippen MR) is 100 cm³/mol. The minimum absolute atomic E-state index is 0.104. The number of nitrogens with zero attached hydrogens (tertiary/aromatic N) is 3. The molecule has 1 heterocycles. The van der Waals surface area contributed by atoms with E-state index >= 15 is 0 Å². The van der Waals surface area contributed by atoms with Gasteiger partial charge in [0.1, 0.15) is 5.01 Å². The smallest absolute Gasteiger partial charge is 0.320 e. The largest absolute Gasteiger partial charge is 0.323 e. The van der Waals surface area contributed by atoms with Gasteiger partial charge >= 0.3 is 6.03 Å². The molecule has 0 saturated heterocycles. The fourth-order valence-electron chi connectivity index (χ4n) is 4.06. The maximum Gasteiger partial charge on any atom is 0.323 e.